The number of fused-ring (bicyclic) bond motifs is 6. The minimum atomic E-state index is -0.765. The molecule has 0 radical (unpaired) electrons. The van der Waals surface area contributed by atoms with Crippen molar-refractivity contribution in [3.8, 4) is 11.1 Å². The summed E-state index contributed by atoms with van der Waals surface area (Å²) in [6.45, 7) is 5.52. The third kappa shape index (κ3) is 7.11. The minimum absolute atomic E-state index is 0.111. The van der Waals surface area contributed by atoms with E-state index in [1.807, 2.05) is 60.0 Å². The molecule has 4 heterocycles. The number of hydrogen-bond acceptors (Lipinski definition) is 8. The van der Waals surface area contributed by atoms with Crippen LogP contribution in [0.25, 0.3) is 54.7 Å². The SMILES string of the molecule is COC[C@H]1C[C@@H](c2nc3c(ccc4cc(-c5ccc6c(ccc7[nH]c([C@@H]8CCCN8C(=O)[C@@H](NC(=O)OC)C(C)C)nc76)c5)ccc43)[nH]2)N(C(=O)[C@H](N)c2ccccc2)C1. The van der Waals surface area contributed by atoms with Gasteiger partial charge in [0.05, 0.1) is 47.9 Å². The van der Waals surface area contributed by atoms with Gasteiger partial charge >= 0.3 is 6.09 Å². The van der Waals surface area contributed by atoms with Crippen molar-refractivity contribution in [3.63, 3.8) is 0 Å². The van der Waals surface area contributed by atoms with Crippen LogP contribution in [0, 0.1) is 11.8 Å². The van der Waals surface area contributed by atoms with Crippen LogP contribution in [-0.2, 0) is 19.1 Å². The van der Waals surface area contributed by atoms with Gasteiger partial charge in [-0.3, -0.25) is 9.59 Å². The number of carbonyl (C=O) groups is 3. The van der Waals surface area contributed by atoms with Gasteiger partial charge in [0.2, 0.25) is 11.8 Å². The van der Waals surface area contributed by atoms with Crippen LogP contribution in [0.2, 0.25) is 0 Å². The summed E-state index contributed by atoms with van der Waals surface area (Å²) in [6.07, 6.45) is 1.73. The maximum atomic E-state index is 13.9. The number of aromatic nitrogens is 4. The van der Waals surface area contributed by atoms with Crippen LogP contribution in [0.5, 0.6) is 0 Å². The Kier molecular flexibility index (Phi) is 10.5. The number of likely N-dealkylation sites (tertiary alicyclic amines) is 2. The van der Waals surface area contributed by atoms with Gasteiger partial charge in [0.1, 0.15) is 23.7 Å². The summed E-state index contributed by atoms with van der Waals surface area (Å²) in [7, 11) is 2.99. The van der Waals surface area contributed by atoms with E-state index in [0.29, 0.717) is 19.7 Å². The number of methoxy groups -OCH3 is 2. The molecule has 0 bridgehead atoms. The van der Waals surface area contributed by atoms with Crippen LogP contribution in [0.15, 0.2) is 91.0 Å². The van der Waals surface area contributed by atoms with E-state index >= 15 is 0 Å². The largest absolute Gasteiger partial charge is 0.453 e. The van der Waals surface area contributed by atoms with E-state index in [-0.39, 0.29) is 35.7 Å². The first-order valence-electron chi connectivity index (χ1n) is 20.7. The van der Waals surface area contributed by atoms with Gasteiger partial charge in [-0.25, -0.2) is 14.8 Å². The lowest BCUT2D eigenvalue weighted by atomic mass is 9.98. The highest BCUT2D eigenvalue weighted by Gasteiger charge is 2.40. The van der Waals surface area contributed by atoms with Crippen molar-refractivity contribution in [1.29, 1.82) is 0 Å². The molecule has 2 aliphatic heterocycles. The molecular weight excluding hydrogens is 757 g/mol. The topological polar surface area (TPSA) is 172 Å². The number of aromatic amines is 2. The molecular formula is C47H50N8O5. The van der Waals surface area contributed by atoms with Crippen LogP contribution in [0.1, 0.15) is 68.4 Å². The van der Waals surface area contributed by atoms with Gasteiger partial charge in [0.15, 0.2) is 0 Å². The molecule has 5 aromatic carbocycles. The second-order valence-corrected chi connectivity index (χ2v) is 16.5. The zero-order valence-electron chi connectivity index (χ0n) is 34.3. The van der Waals surface area contributed by atoms with Gasteiger partial charge in [-0.05, 0) is 76.9 Å². The molecule has 0 unspecified atom stereocenters. The number of rotatable bonds is 10. The molecule has 7 aromatic rings. The number of nitrogens with zero attached hydrogens (tertiary/aromatic N) is 4. The fourth-order valence-corrected chi connectivity index (χ4v) is 9.27. The first-order valence-corrected chi connectivity index (χ1v) is 20.7. The third-order valence-electron chi connectivity index (χ3n) is 12.4. The maximum absolute atomic E-state index is 13.9. The number of hydrogen-bond donors (Lipinski definition) is 4. The molecule has 5 N–H and O–H groups in total. The minimum Gasteiger partial charge on any atom is -0.453 e. The van der Waals surface area contributed by atoms with Gasteiger partial charge in [0.25, 0.3) is 0 Å². The lowest BCUT2D eigenvalue weighted by molar-refractivity contribution is -0.135. The summed E-state index contributed by atoms with van der Waals surface area (Å²) in [4.78, 5) is 60.7. The van der Waals surface area contributed by atoms with Gasteiger partial charge in [0, 0.05) is 36.9 Å². The predicted molar refractivity (Wildman–Crippen MR) is 232 cm³/mol. The summed E-state index contributed by atoms with van der Waals surface area (Å²) < 4.78 is 10.3. The maximum Gasteiger partial charge on any atom is 0.407 e. The Morgan fingerprint density at radius 3 is 2.00 bits per heavy atom. The molecule has 60 heavy (non-hydrogen) atoms. The van der Waals surface area contributed by atoms with Gasteiger partial charge in [-0.2, -0.15) is 0 Å². The molecule has 9 rings (SSSR count). The van der Waals surface area contributed by atoms with E-state index in [2.05, 4.69) is 69.9 Å². The van der Waals surface area contributed by atoms with Crippen molar-refractivity contribution in [2.75, 3.05) is 33.9 Å². The van der Waals surface area contributed by atoms with E-state index in [9.17, 15) is 14.4 Å². The molecule has 5 atom stereocenters. The molecule has 0 spiro atoms. The Morgan fingerprint density at radius 2 is 1.42 bits per heavy atom. The Bertz CT molecular complexity index is 2740. The highest BCUT2D eigenvalue weighted by molar-refractivity contribution is 6.07. The van der Waals surface area contributed by atoms with Crippen molar-refractivity contribution in [3.05, 3.63) is 108 Å². The summed E-state index contributed by atoms with van der Waals surface area (Å²) in [5.41, 5.74) is 13.0. The van der Waals surface area contributed by atoms with E-state index in [0.717, 1.165) is 91.2 Å². The van der Waals surface area contributed by atoms with Crippen LogP contribution in [0.4, 0.5) is 4.79 Å². The monoisotopic (exact) mass is 806 g/mol. The lowest BCUT2D eigenvalue weighted by Crippen LogP contribution is -2.51. The van der Waals surface area contributed by atoms with E-state index in [4.69, 9.17) is 25.2 Å². The summed E-state index contributed by atoms with van der Waals surface area (Å²) in [6, 6.07) is 28.8. The van der Waals surface area contributed by atoms with Crippen LogP contribution < -0.4 is 11.1 Å². The van der Waals surface area contributed by atoms with Gasteiger partial charge in [-0.15, -0.1) is 0 Å². The van der Waals surface area contributed by atoms with E-state index < -0.39 is 18.2 Å². The molecule has 2 aliphatic rings. The molecule has 2 aromatic heterocycles. The van der Waals surface area contributed by atoms with E-state index in [1.54, 1.807) is 7.11 Å². The fraction of sp³-hybridized carbons (Fsp3) is 0.340. The molecule has 3 amide bonds. The number of nitrogens with two attached hydrogens (primary N) is 1. The van der Waals surface area contributed by atoms with Crippen molar-refractivity contribution in [1.82, 2.24) is 35.1 Å². The number of imidazole rings is 2. The van der Waals surface area contributed by atoms with Crippen molar-refractivity contribution in [2.24, 2.45) is 17.6 Å². The number of amides is 3. The van der Waals surface area contributed by atoms with Gasteiger partial charge < -0.3 is 40.3 Å². The van der Waals surface area contributed by atoms with Crippen molar-refractivity contribution < 1.29 is 23.9 Å². The number of carbonyl (C=O) groups excluding carboxylic acids is 3. The zero-order chi connectivity index (χ0) is 41.7. The number of ether oxygens (including phenoxy) is 2. The first kappa shape index (κ1) is 39.2. The number of alkyl carbamates (subject to hydrolysis) is 1. The molecule has 13 heteroatoms. The van der Waals surface area contributed by atoms with Crippen LogP contribution >= 0.6 is 0 Å². The van der Waals surface area contributed by atoms with Gasteiger partial charge in [-0.1, -0.05) is 80.6 Å². The summed E-state index contributed by atoms with van der Waals surface area (Å²) in [5.74, 6) is 1.29. The standard InChI is InChI=1S/C47H50N8O5/c1-26(2)40(53-47(58)60-4)46(57)54-20-8-11-37(54)43-49-35-18-14-31-22-29(12-16-33(31)41(35)51-43)30-13-17-34-32(23-30)15-19-36-42(34)52-44(50-36)38-21-27(25-59-3)24-55(38)45(56)39(48)28-9-6-5-7-10-28/h5-7,9-10,12-19,22-23,26-27,37-40H,8,11,20-21,24-25,48H2,1-4H3,(H,49,51)(H,50,52)(H,53,58)/t27-,37-,38-,39+,40-/m0/s1. The summed E-state index contributed by atoms with van der Waals surface area (Å²) >= 11 is 0. The zero-order valence-corrected chi connectivity index (χ0v) is 34.3. The van der Waals surface area contributed by atoms with Crippen molar-refractivity contribution in [2.45, 2.75) is 57.3 Å². The molecule has 308 valence electrons. The molecule has 0 saturated carbocycles. The highest BCUT2D eigenvalue weighted by Crippen LogP contribution is 2.39. The molecule has 2 saturated heterocycles. The van der Waals surface area contributed by atoms with Crippen LogP contribution in [-0.4, -0.2) is 87.6 Å². The Balaban J connectivity index is 0.983. The number of H-pyrrole nitrogens is 2. The first-order chi connectivity index (χ1) is 29.1. The summed E-state index contributed by atoms with van der Waals surface area (Å²) in [5, 5.41) is 6.88. The van der Waals surface area contributed by atoms with Crippen LogP contribution in [0.3, 0.4) is 0 Å². The molecule has 2 fully saturated rings. The Morgan fingerprint density at radius 1 is 0.800 bits per heavy atom. The Labute approximate surface area is 347 Å². The Hall–Kier alpha value is -6.31. The highest BCUT2D eigenvalue weighted by atomic mass is 16.5. The second-order valence-electron chi connectivity index (χ2n) is 16.5. The fourth-order valence-electron chi connectivity index (χ4n) is 9.27. The van der Waals surface area contributed by atoms with Crippen molar-refractivity contribution >= 4 is 61.5 Å². The number of nitrogens with one attached hydrogen (secondary N) is 3. The quantitative estimate of drug-likeness (QED) is 0.109. The lowest BCUT2D eigenvalue weighted by Gasteiger charge is -2.29. The second kappa shape index (κ2) is 16.0. The number of benzene rings is 5. The normalized spacial score (nSPS) is 19.2. The molecule has 0 aliphatic carbocycles. The van der Waals surface area contributed by atoms with E-state index in [1.165, 1.54) is 7.11 Å². The third-order valence-corrected chi connectivity index (χ3v) is 12.4. The predicted octanol–water partition coefficient (Wildman–Crippen LogP) is 7.69. The smallest absolute Gasteiger partial charge is 0.407 e. The average molecular weight is 807 g/mol. The average Bonchev–Trinajstić information content (AvgIpc) is 4.10. The molecule has 13 nitrogen and oxygen atoms in total.